The van der Waals surface area contributed by atoms with Crippen molar-refractivity contribution in [2.75, 3.05) is 5.73 Å². The second-order valence-corrected chi connectivity index (χ2v) is 2.77. The molecule has 0 bridgehead atoms. The Hall–Kier alpha value is -1.79. The van der Waals surface area contributed by atoms with Crippen LogP contribution in [0.25, 0.3) is 0 Å². The van der Waals surface area contributed by atoms with Gasteiger partial charge in [-0.3, -0.25) is 4.79 Å². The highest BCUT2D eigenvalue weighted by Crippen LogP contribution is 2.28. The van der Waals surface area contributed by atoms with E-state index in [4.69, 9.17) is 10.8 Å². The molecule has 1 heterocycles. The number of rotatable bonds is 3. The molecule has 0 radical (unpaired) electrons. The van der Waals surface area contributed by atoms with E-state index in [0.717, 1.165) is 0 Å². The summed E-state index contributed by atoms with van der Waals surface area (Å²) in [5.41, 5.74) is 3.48. The summed E-state index contributed by atoms with van der Waals surface area (Å²) >= 11 is 0. The zero-order valence-corrected chi connectivity index (χ0v) is 7.38. The molecule has 1 aromatic rings. The molecular formula is C8H7F3N2O2. The molecule has 15 heavy (non-hydrogen) atoms. The first-order valence-electron chi connectivity index (χ1n) is 3.86. The molecule has 0 aromatic carbocycles. The molecule has 4 nitrogen and oxygen atoms in total. The van der Waals surface area contributed by atoms with Crippen LogP contribution in [0.5, 0.6) is 0 Å². The SMILES string of the molecule is Nc1c(C(F)F)cnc(F)c1CC(=O)O. The van der Waals surface area contributed by atoms with E-state index in [2.05, 4.69) is 4.98 Å². The fraction of sp³-hybridized carbons (Fsp3) is 0.250. The monoisotopic (exact) mass is 220 g/mol. The lowest BCUT2D eigenvalue weighted by Crippen LogP contribution is -2.10. The van der Waals surface area contributed by atoms with Gasteiger partial charge in [-0.1, -0.05) is 0 Å². The van der Waals surface area contributed by atoms with Crippen LogP contribution in [0.3, 0.4) is 0 Å². The number of aromatic nitrogens is 1. The van der Waals surface area contributed by atoms with Gasteiger partial charge in [0.25, 0.3) is 6.43 Å². The lowest BCUT2D eigenvalue weighted by atomic mass is 10.1. The van der Waals surface area contributed by atoms with Crippen LogP contribution < -0.4 is 5.73 Å². The highest BCUT2D eigenvalue weighted by molar-refractivity contribution is 5.73. The van der Waals surface area contributed by atoms with E-state index in [1.165, 1.54) is 0 Å². The van der Waals surface area contributed by atoms with Crippen LogP contribution in [0.2, 0.25) is 0 Å². The van der Waals surface area contributed by atoms with Gasteiger partial charge in [-0.25, -0.2) is 13.8 Å². The van der Waals surface area contributed by atoms with Crippen LogP contribution in [0.1, 0.15) is 17.6 Å². The Bertz CT molecular complexity index is 396. The van der Waals surface area contributed by atoms with Crippen LogP contribution in [0.15, 0.2) is 6.20 Å². The minimum absolute atomic E-state index is 0.514. The molecule has 0 amide bonds. The van der Waals surface area contributed by atoms with Gasteiger partial charge >= 0.3 is 5.97 Å². The third-order valence-electron chi connectivity index (χ3n) is 1.77. The summed E-state index contributed by atoms with van der Waals surface area (Å²) in [4.78, 5) is 13.3. The van der Waals surface area contributed by atoms with Crippen LogP contribution in [0, 0.1) is 5.95 Å². The number of anilines is 1. The lowest BCUT2D eigenvalue weighted by molar-refractivity contribution is -0.136. The molecule has 7 heteroatoms. The molecule has 0 spiro atoms. The van der Waals surface area contributed by atoms with E-state index in [1.54, 1.807) is 0 Å². The molecule has 3 N–H and O–H groups in total. The van der Waals surface area contributed by atoms with Gasteiger partial charge in [0.2, 0.25) is 5.95 Å². The highest BCUT2D eigenvalue weighted by atomic mass is 19.3. The Labute approximate surface area is 82.5 Å². The third-order valence-corrected chi connectivity index (χ3v) is 1.77. The van der Waals surface area contributed by atoms with Crippen LogP contribution in [-0.4, -0.2) is 16.1 Å². The normalized spacial score (nSPS) is 10.7. The smallest absolute Gasteiger partial charge is 0.308 e. The summed E-state index contributed by atoms with van der Waals surface area (Å²) in [5, 5.41) is 8.41. The summed E-state index contributed by atoms with van der Waals surface area (Å²) in [6, 6.07) is 0. The molecule has 1 aromatic heterocycles. The molecule has 0 aliphatic heterocycles. The third kappa shape index (κ3) is 2.36. The molecule has 0 unspecified atom stereocenters. The van der Waals surface area contributed by atoms with Crippen molar-refractivity contribution in [2.24, 2.45) is 0 Å². The van der Waals surface area contributed by atoms with Gasteiger partial charge in [0.05, 0.1) is 17.7 Å². The summed E-state index contributed by atoms with van der Waals surface area (Å²) < 4.78 is 37.5. The van der Waals surface area contributed by atoms with E-state index in [0.29, 0.717) is 6.20 Å². The number of aliphatic carboxylic acids is 1. The first-order valence-corrected chi connectivity index (χ1v) is 3.86. The summed E-state index contributed by atoms with van der Waals surface area (Å²) in [5.74, 6) is -2.51. The molecule has 0 atom stereocenters. The summed E-state index contributed by atoms with van der Waals surface area (Å²) in [7, 11) is 0. The number of carbonyl (C=O) groups is 1. The molecule has 82 valence electrons. The second-order valence-electron chi connectivity index (χ2n) is 2.77. The number of alkyl halides is 2. The summed E-state index contributed by atoms with van der Waals surface area (Å²) in [6.07, 6.45) is -3.09. The number of pyridine rings is 1. The predicted molar refractivity (Wildman–Crippen MR) is 44.9 cm³/mol. The second kappa shape index (κ2) is 4.16. The van der Waals surface area contributed by atoms with Gasteiger partial charge < -0.3 is 10.8 Å². The Morgan fingerprint density at radius 1 is 1.60 bits per heavy atom. The first kappa shape index (κ1) is 11.3. The van der Waals surface area contributed by atoms with E-state index < -0.39 is 41.6 Å². The Balaban J connectivity index is 3.23. The average molecular weight is 220 g/mol. The van der Waals surface area contributed by atoms with Crippen molar-refractivity contribution < 1.29 is 23.1 Å². The molecular weight excluding hydrogens is 213 g/mol. The molecule has 0 saturated heterocycles. The Morgan fingerprint density at radius 2 is 2.20 bits per heavy atom. The van der Waals surface area contributed by atoms with Crippen molar-refractivity contribution in [2.45, 2.75) is 12.8 Å². The van der Waals surface area contributed by atoms with Crippen molar-refractivity contribution >= 4 is 11.7 Å². The van der Waals surface area contributed by atoms with Crippen LogP contribution >= 0.6 is 0 Å². The quantitative estimate of drug-likeness (QED) is 0.754. The van der Waals surface area contributed by atoms with E-state index in [9.17, 15) is 18.0 Å². The highest BCUT2D eigenvalue weighted by Gasteiger charge is 2.19. The Morgan fingerprint density at radius 3 is 2.67 bits per heavy atom. The van der Waals surface area contributed by atoms with Gasteiger partial charge in [-0.05, 0) is 0 Å². The number of halogens is 3. The lowest BCUT2D eigenvalue weighted by Gasteiger charge is -2.08. The number of carboxylic acids is 1. The fourth-order valence-electron chi connectivity index (χ4n) is 1.05. The zero-order valence-electron chi connectivity index (χ0n) is 7.38. The van der Waals surface area contributed by atoms with Gasteiger partial charge in [0, 0.05) is 11.8 Å². The van der Waals surface area contributed by atoms with Gasteiger partial charge in [-0.2, -0.15) is 4.39 Å². The first-order chi connectivity index (χ1) is 6.93. The topological polar surface area (TPSA) is 76.2 Å². The molecule has 0 fully saturated rings. The number of nitrogen functional groups attached to an aromatic ring is 1. The molecule has 0 aliphatic carbocycles. The fourth-order valence-corrected chi connectivity index (χ4v) is 1.05. The van der Waals surface area contributed by atoms with Gasteiger partial charge in [0.15, 0.2) is 0 Å². The zero-order chi connectivity index (χ0) is 11.6. The maximum Gasteiger partial charge on any atom is 0.308 e. The summed E-state index contributed by atoms with van der Waals surface area (Å²) in [6.45, 7) is 0. The van der Waals surface area contributed by atoms with Gasteiger partial charge in [0.1, 0.15) is 0 Å². The maximum atomic E-state index is 13.0. The van der Waals surface area contributed by atoms with Crippen molar-refractivity contribution in [3.63, 3.8) is 0 Å². The van der Waals surface area contributed by atoms with Crippen molar-refractivity contribution in [1.82, 2.24) is 4.98 Å². The standard InChI is InChI=1S/C8H7F3N2O2/c9-7(10)4-2-13-8(11)3(6(4)12)1-5(14)15/h2,7H,1H2,(H2,12,13)(H,14,15). The van der Waals surface area contributed by atoms with Crippen molar-refractivity contribution in [3.8, 4) is 0 Å². The number of hydrogen-bond donors (Lipinski definition) is 2. The number of nitrogens with zero attached hydrogens (tertiary/aromatic N) is 1. The van der Waals surface area contributed by atoms with E-state index in [-0.39, 0.29) is 0 Å². The molecule has 1 rings (SSSR count). The largest absolute Gasteiger partial charge is 0.481 e. The minimum Gasteiger partial charge on any atom is -0.481 e. The van der Waals surface area contributed by atoms with E-state index in [1.807, 2.05) is 0 Å². The van der Waals surface area contributed by atoms with Crippen LogP contribution in [0.4, 0.5) is 18.9 Å². The number of hydrogen-bond acceptors (Lipinski definition) is 3. The van der Waals surface area contributed by atoms with Crippen molar-refractivity contribution in [1.29, 1.82) is 0 Å². The minimum atomic E-state index is -2.91. The van der Waals surface area contributed by atoms with E-state index >= 15 is 0 Å². The van der Waals surface area contributed by atoms with Crippen molar-refractivity contribution in [3.05, 3.63) is 23.3 Å². The molecule has 0 saturated carbocycles. The van der Waals surface area contributed by atoms with Gasteiger partial charge in [-0.15, -0.1) is 0 Å². The Kier molecular flexibility index (Phi) is 3.13. The number of nitrogens with two attached hydrogens (primary N) is 1. The average Bonchev–Trinajstić information content (AvgIpc) is 2.11. The predicted octanol–water partition coefficient (Wildman–Crippen LogP) is 1.37. The maximum absolute atomic E-state index is 13.0. The number of carboxylic acid groups (broad SMARTS) is 1. The van der Waals surface area contributed by atoms with Crippen LogP contribution in [-0.2, 0) is 11.2 Å². The molecule has 0 aliphatic rings.